The zero-order valence-electron chi connectivity index (χ0n) is 8.84. The van der Waals surface area contributed by atoms with Crippen LogP contribution in [0.5, 0.6) is 5.75 Å². The van der Waals surface area contributed by atoms with Crippen molar-refractivity contribution in [3.63, 3.8) is 0 Å². The lowest BCUT2D eigenvalue weighted by Crippen LogP contribution is -2.45. The Morgan fingerprint density at radius 3 is 2.69 bits per heavy atom. The SMILES string of the molecule is CCOc1ccccc1C(=O)N(N)C(N)=S. The minimum absolute atomic E-state index is 0.184. The normalized spacial score (nSPS) is 9.62. The monoisotopic (exact) mass is 239 g/mol. The molecule has 0 atom stereocenters. The van der Waals surface area contributed by atoms with Crippen molar-refractivity contribution in [1.82, 2.24) is 5.01 Å². The number of para-hydroxylation sites is 1. The van der Waals surface area contributed by atoms with E-state index >= 15 is 0 Å². The summed E-state index contributed by atoms with van der Waals surface area (Å²) >= 11 is 4.62. The molecule has 1 rings (SSSR count). The van der Waals surface area contributed by atoms with Crippen LogP contribution in [0.4, 0.5) is 0 Å². The number of rotatable bonds is 3. The number of benzene rings is 1. The van der Waals surface area contributed by atoms with E-state index in [1.54, 1.807) is 24.3 Å². The van der Waals surface area contributed by atoms with E-state index in [0.717, 1.165) is 0 Å². The second-order valence-electron chi connectivity index (χ2n) is 2.94. The summed E-state index contributed by atoms with van der Waals surface area (Å²) in [4.78, 5) is 11.8. The predicted octanol–water partition coefficient (Wildman–Crippen LogP) is 0.645. The summed E-state index contributed by atoms with van der Waals surface area (Å²) in [5.74, 6) is 5.39. The predicted molar refractivity (Wildman–Crippen MR) is 64.8 cm³/mol. The molecule has 0 aliphatic heterocycles. The number of hydrogen-bond donors (Lipinski definition) is 2. The molecule has 0 aliphatic carbocycles. The van der Waals surface area contributed by atoms with E-state index in [1.165, 1.54) is 0 Å². The van der Waals surface area contributed by atoms with E-state index in [1.807, 2.05) is 6.92 Å². The Bertz CT molecular complexity index is 409. The Morgan fingerprint density at radius 2 is 2.12 bits per heavy atom. The summed E-state index contributed by atoms with van der Waals surface area (Å²) in [6, 6.07) is 6.77. The van der Waals surface area contributed by atoms with Gasteiger partial charge in [0.2, 0.25) is 0 Å². The second kappa shape index (κ2) is 5.43. The summed E-state index contributed by atoms with van der Waals surface area (Å²) in [5.41, 5.74) is 5.60. The first-order chi connectivity index (χ1) is 7.57. The van der Waals surface area contributed by atoms with Crippen molar-refractivity contribution in [2.75, 3.05) is 6.61 Å². The van der Waals surface area contributed by atoms with Gasteiger partial charge in [-0.1, -0.05) is 12.1 Å². The van der Waals surface area contributed by atoms with Crippen molar-refractivity contribution >= 4 is 23.2 Å². The molecule has 0 radical (unpaired) electrons. The maximum atomic E-state index is 11.8. The third-order valence-corrected chi connectivity index (χ3v) is 2.07. The van der Waals surface area contributed by atoms with Gasteiger partial charge in [0, 0.05) is 0 Å². The van der Waals surface area contributed by atoms with Gasteiger partial charge in [-0.25, -0.2) is 10.9 Å². The number of thiocarbonyl (C=S) groups is 1. The fourth-order valence-corrected chi connectivity index (χ4v) is 1.24. The van der Waals surface area contributed by atoms with Crippen LogP contribution >= 0.6 is 12.2 Å². The van der Waals surface area contributed by atoms with Gasteiger partial charge >= 0.3 is 0 Å². The van der Waals surface area contributed by atoms with E-state index < -0.39 is 5.91 Å². The van der Waals surface area contributed by atoms with Crippen molar-refractivity contribution in [2.24, 2.45) is 11.6 Å². The maximum absolute atomic E-state index is 11.8. The molecule has 6 heteroatoms. The van der Waals surface area contributed by atoms with Crippen LogP contribution in [-0.2, 0) is 0 Å². The molecule has 1 aromatic carbocycles. The Labute approximate surface area is 98.9 Å². The number of ether oxygens (including phenoxy) is 1. The summed E-state index contributed by atoms with van der Waals surface area (Å²) in [5, 5.41) is 0.531. The summed E-state index contributed by atoms with van der Waals surface area (Å²) in [6.45, 7) is 2.29. The zero-order valence-corrected chi connectivity index (χ0v) is 9.66. The topological polar surface area (TPSA) is 81.6 Å². The van der Waals surface area contributed by atoms with Crippen LogP contribution in [0.15, 0.2) is 24.3 Å². The van der Waals surface area contributed by atoms with Crippen molar-refractivity contribution in [3.05, 3.63) is 29.8 Å². The lowest BCUT2D eigenvalue weighted by molar-refractivity contribution is 0.0844. The van der Waals surface area contributed by atoms with E-state index in [0.29, 0.717) is 22.9 Å². The van der Waals surface area contributed by atoms with E-state index in [-0.39, 0.29) is 5.11 Å². The Balaban J connectivity index is 3.03. The number of nitrogens with zero attached hydrogens (tertiary/aromatic N) is 1. The average Bonchev–Trinajstić information content (AvgIpc) is 2.28. The lowest BCUT2D eigenvalue weighted by Gasteiger charge is -2.16. The average molecular weight is 239 g/mol. The molecule has 0 aromatic heterocycles. The molecule has 0 spiro atoms. The van der Waals surface area contributed by atoms with E-state index in [2.05, 4.69) is 12.2 Å². The van der Waals surface area contributed by atoms with Gasteiger partial charge in [0.15, 0.2) is 5.11 Å². The third kappa shape index (κ3) is 2.68. The van der Waals surface area contributed by atoms with Gasteiger partial charge in [-0.2, -0.15) is 0 Å². The van der Waals surface area contributed by atoms with Crippen LogP contribution in [0, 0.1) is 0 Å². The van der Waals surface area contributed by atoms with Crippen molar-refractivity contribution in [2.45, 2.75) is 6.92 Å². The molecule has 86 valence electrons. The highest BCUT2D eigenvalue weighted by Gasteiger charge is 2.18. The van der Waals surface area contributed by atoms with Crippen LogP contribution < -0.4 is 16.3 Å². The molecule has 0 fully saturated rings. The number of hydrazine groups is 1. The van der Waals surface area contributed by atoms with Crippen LogP contribution in [0.2, 0.25) is 0 Å². The first kappa shape index (κ1) is 12.4. The fraction of sp³-hybridized carbons (Fsp3) is 0.200. The number of hydrogen-bond acceptors (Lipinski definition) is 4. The Morgan fingerprint density at radius 1 is 1.50 bits per heavy atom. The van der Waals surface area contributed by atoms with Gasteiger partial charge in [-0.3, -0.25) is 4.79 Å². The third-order valence-electron chi connectivity index (χ3n) is 1.87. The largest absolute Gasteiger partial charge is 0.493 e. The molecule has 0 saturated carbocycles. The van der Waals surface area contributed by atoms with Crippen molar-refractivity contribution < 1.29 is 9.53 Å². The number of amides is 1. The lowest BCUT2D eigenvalue weighted by atomic mass is 10.2. The van der Waals surface area contributed by atoms with E-state index in [4.69, 9.17) is 16.3 Å². The van der Waals surface area contributed by atoms with Gasteiger partial charge in [-0.15, -0.1) is 0 Å². The Hall–Kier alpha value is -1.66. The highest BCUT2D eigenvalue weighted by Crippen LogP contribution is 2.18. The van der Waals surface area contributed by atoms with Crippen LogP contribution in [0.1, 0.15) is 17.3 Å². The van der Waals surface area contributed by atoms with Gasteiger partial charge in [0.05, 0.1) is 12.2 Å². The molecule has 0 saturated heterocycles. The summed E-state index contributed by atoms with van der Waals surface area (Å²) in [7, 11) is 0. The van der Waals surface area contributed by atoms with Crippen LogP contribution in [-0.4, -0.2) is 22.6 Å². The fourth-order valence-electron chi connectivity index (χ4n) is 1.15. The number of carbonyl (C=O) groups is 1. The molecule has 1 amide bonds. The summed E-state index contributed by atoms with van der Waals surface area (Å²) in [6.07, 6.45) is 0. The van der Waals surface area contributed by atoms with Crippen LogP contribution in [0.3, 0.4) is 0 Å². The molecule has 0 aliphatic rings. The van der Waals surface area contributed by atoms with E-state index in [9.17, 15) is 4.79 Å². The van der Waals surface area contributed by atoms with Gasteiger partial charge in [0.25, 0.3) is 5.91 Å². The highest BCUT2D eigenvalue weighted by atomic mass is 32.1. The Kier molecular flexibility index (Phi) is 4.21. The zero-order chi connectivity index (χ0) is 12.1. The smallest absolute Gasteiger partial charge is 0.278 e. The first-order valence-corrected chi connectivity index (χ1v) is 5.09. The molecular weight excluding hydrogens is 226 g/mol. The molecule has 1 aromatic rings. The minimum Gasteiger partial charge on any atom is -0.493 e. The van der Waals surface area contributed by atoms with Gasteiger partial charge in [0.1, 0.15) is 5.75 Å². The summed E-state index contributed by atoms with van der Waals surface area (Å²) < 4.78 is 5.30. The molecule has 0 unspecified atom stereocenters. The minimum atomic E-state index is -0.489. The molecule has 16 heavy (non-hydrogen) atoms. The first-order valence-electron chi connectivity index (χ1n) is 4.68. The number of carbonyl (C=O) groups excluding carboxylic acids is 1. The molecular formula is C10H13N3O2S. The maximum Gasteiger partial charge on any atom is 0.278 e. The molecule has 5 nitrogen and oxygen atoms in total. The molecule has 0 bridgehead atoms. The standard InChI is InChI=1S/C10H13N3O2S/c1-2-15-8-6-4-3-5-7(8)9(14)13(12)10(11)16/h3-6H,2,12H2,1H3,(H2,11,16). The quantitative estimate of drug-likeness (QED) is 0.350. The highest BCUT2D eigenvalue weighted by molar-refractivity contribution is 7.80. The van der Waals surface area contributed by atoms with Gasteiger partial charge in [-0.05, 0) is 31.3 Å². The number of nitrogens with two attached hydrogens (primary N) is 2. The van der Waals surface area contributed by atoms with Crippen LogP contribution in [0.25, 0.3) is 0 Å². The van der Waals surface area contributed by atoms with Gasteiger partial charge < -0.3 is 10.5 Å². The van der Waals surface area contributed by atoms with Crippen molar-refractivity contribution in [1.29, 1.82) is 0 Å². The van der Waals surface area contributed by atoms with Crippen molar-refractivity contribution in [3.8, 4) is 5.75 Å². The second-order valence-corrected chi connectivity index (χ2v) is 3.36. The molecule has 0 heterocycles. The molecule has 4 N–H and O–H groups in total.